The van der Waals surface area contributed by atoms with Crippen LogP contribution in [0.5, 0.6) is 0 Å². The van der Waals surface area contributed by atoms with Crippen LogP contribution in [0, 0.1) is 16.7 Å². The lowest BCUT2D eigenvalue weighted by Crippen LogP contribution is -2.49. The molecule has 0 radical (unpaired) electrons. The van der Waals surface area contributed by atoms with Crippen molar-refractivity contribution in [1.29, 1.82) is 5.26 Å². The molecule has 1 unspecified atom stereocenters. The van der Waals surface area contributed by atoms with Crippen LogP contribution in [0.25, 0.3) is 0 Å². The fourth-order valence-electron chi connectivity index (χ4n) is 2.97. The zero-order chi connectivity index (χ0) is 12.3. The van der Waals surface area contributed by atoms with Crippen molar-refractivity contribution in [1.82, 2.24) is 4.90 Å². The number of aliphatic hydroxyl groups is 1. The maximum Gasteiger partial charge on any atom is 0.243 e. The van der Waals surface area contributed by atoms with Gasteiger partial charge in [0.25, 0.3) is 0 Å². The van der Waals surface area contributed by atoms with Gasteiger partial charge in [-0.05, 0) is 25.7 Å². The molecule has 1 amide bonds. The second kappa shape index (κ2) is 5.05. The molecule has 1 saturated heterocycles. The number of rotatable bonds is 1. The molecule has 2 rings (SSSR count). The van der Waals surface area contributed by atoms with Gasteiger partial charge in [0.15, 0.2) is 0 Å². The summed E-state index contributed by atoms with van der Waals surface area (Å²) in [6.07, 6.45) is 5.64. The van der Waals surface area contributed by atoms with Crippen molar-refractivity contribution in [2.45, 2.75) is 51.0 Å². The Morgan fingerprint density at radius 1 is 1.29 bits per heavy atom. The van der Waals surface area contributed by atoms with Gasteiger partial charge in [-0.15, -0.1) is 0 Å². The molecule has 0 spiro atoms. The van der Waals surface area contributed by atoms with E-state index in [1.807, 2.05) is 0 Å². The number of piperidine rings is 1. The van der Waals surface area contributed by atoms with Crippen LogP contribution < -0.4 is 0 Å². The molecule has 2 fully saturated rings. The Morgan fingerprint density at radius 2 is 2.00 bits per heavy atom. The molecular weight excluding hydrogens is 216 g/mol. The molecule has 0 aromatic heterocycles. The Bertz CT molecular complexity index is 329. The molecule has 1 N–H and O–H groups in total. The number of hydrogen-bond donors (Lipinski definition) is 1. The quantitative estimate of drug-likeness (QED) is 0.749. The minimum atomic E-state index is -0.796. The zero-order valence-electron chi connectivity index (χ0n) is 10.2. The van der Waals surface area contributed by atoms with Crippen molar-refractivity contribution in [2.75, 3.05) is 13.1 Å². The summed E-state index contributed by atoms with van der Waals surface area (Å²) in [5.41, 5.74) is -0.796. The van der Waals surface area contributed by atoms with Gasteiger partial charge in [0.05, 0.1) is 12.2 Å². The van der Waals surface area contributed by atoms with Crippen LogP contribution in [0.1, 0.15) is 44.9 Å². The van der Waals surface area contributed by atoms with Crippen LogP contribution in [-0.4, -0.2) is 35.1 Å². The first kappa shape index (κ1) is 12.4. The minimum Gasteiger partial charge on any atom is -0.391 e. The van der Waals surface area contributed by atoms with Crippen molar-refractivity contribution < 1.29 is 9.90 Å². The largest absolute Gasteiger partial charge is 0.391 e. The van der Waals surface area contributed by atoms with Crippen LogP contribution >= 0.6 is 0 Å². The lowest BCUT2D eigenvalue weighted by atomic mass is 9.74. The Kier molecular flexibility index (Phi) is 3.68. The van der Waals surface area contributed by atoms with E-state index in [0.717, 1.165) is 32.1 Å². The highest BCUT2D eigenvalue weighted by molar-refractivity contribution is 5.85. The van der Waals surface area contributed by atoms with Crippen LogP contribution in [0.3, 0.4) is 0 Å². The summed E-state index contributed by atoms with van der Waals surface area (Å²) < 4.78 is 0. The van der Waals surface area contributed by atoms with E-state index in [4.69, 9.17) is 0 Å². The Morgan fingerprint density at radius 3 is 2.59 bits per heavy atom. The fraction of sp³-hybridized carbons (Fsp3) is 0.846. The molecule has 1 aliphatic heterocycles. The lowest BCUT2D eigenvalue weighted by molar-refractivity contribution is -0.143. The summed E-state index contributed by atoms with van der Waals surface area (Å²) in [4.78, 5) is 14.1. The van der Waals surface area contributed by atoms with Crippen molar-refractivity contribution in [3.05, 3.63) is 0 Å². The number of likely N-dealkylation sites (tertiary alicyclic amines) is 1. The van der Waals surface area contributed by atoms with Crippen molar-refractivity contribution in [3.8, 4) is 6.07 Å². The fourth-order valence-corrected chi connectivity index (χ4v) is 2.97. The first-order valence-electron chi connectivity index (χ1n) is 6.57. The van der Waals surface area contributed by atoms with Crippen molar-refractivity contribution in [2.24, 2.45) is 5.41 Å². The molecule has 94 valence electrons. The van der Waals surface area contributed by atoms with Crippen LogP contribution in [0.2, 0.25) is 0 Å². The average Bonchev–Trinajstić information content (AvgIpc) is 2.38. The highest BCUT2D eigenvalue weighted by Crippen LogP contribution is 2.37. The number of hydrogen-bond acceptors (Lipinski definition) is 3. The maximum atomic E-state index is 12.4. The third-order valence-corrected chi connectivity index (χ3v) is 4.01. The van der Waals surface area contributed by atoms with Gasteiger partial charge in [0.2, 0.25) is 5.91 Å². The van der Waals surface area contributed by atoms with Gasteiger partial charge in [-0.1, -0.05) is 19.3 Å². The molecule has 4 heteroatoms. The molecule has 2 aliphatic rings. The molecule has 1 heterocycles. The Hall–Kier alpha value is -1.08. The van der Waals surface area contributed by atoms with E-state index in [0.29, 0.717) is 25.9 Å². The summed E-state index contributed by atoms with van der Waals surface area (Å²) >= 11 is 0. The predicted molar refractivity (Wildman–Crippen MR) is 63.0 cm³/mol. The maximum absolute atomic E-state index is 12.4. The van der Waals surface area contributed by atoms with E-state index < -0.39 is 11.5 Å². The SMILES string of the molecule is N#CC1(C(=O)N2CCCC(O)C2)CCCCC1. The summed E-state index contributed by atoms with van der Waals surface area (Å²) in [5, 5.41) is 19.0. The molecule has 1 atom stereocenters. The molecule has 0 aromatic rings. The van der Waals surface area contributed by atoms with Gasteiger partial charge in [-0.3, -0.25) is 4.79 Å². The van der Waals surface area contributed by atoms with Gasteiger partial charge in [0.1, 0.15) is 5.41 Å². The molecule has 0 bridgehead atoms. The first-order valence-corrected chi connectivity index (χ1v) is 6.57. The number of nitriles is 1. The number of β-amino-alcohol motifs (C(OH)–C–C–N with tert-alkyl or cyclic N) is 1. The zero-order valence-corrected chi connectivity index (χ0v) is 10.2. The third-order valence-electron chi connectivity index (χ3n) is 4.01. The highest BCUT2D eigenvalue weighted by atomic mass is 16.3. The monoisotopic (exact) mass is 236 g/mol. The van der Waals surface area contributed by atoms with E-state index in [-0.39, 0.29) is 5.91 Å². The van der Waals surface area contributed by atoms with E-state index in [1.54, 1.807) is 4.90 Å². The van der Waals surface area contributed by atoms with Crippen LogP contribution in [0.15, 0.2) is 0 Å². The normalized spacial score (nSPS) is 28.5. The molecular formula is C13H20N2O2. The van der Waals surface area contributed by atoms with E-state index >= 15 is 0 Å². The van der Waals surface area contributed by atoms with Crippen LogP contribution in [-0.2, 0) is 4.79 Å². The van der Waals surface area contributed by atoms with Crippen molar-refractivity contribution >= 4 is 5.91 Å². The second-order valence-electron chi connectivity index (χ2n) is 5.30. The molecule has 4 nitrogen and oxygen atoms in total. The summed E-state index contributed by atoms with van der Waals surface area (Å²) in [7, 11) is 0. The number of carbonyl (C=O) groups excluding carboxylic acids is 1. The summed E-state index contributed by atoms with van der Waals surface area (Å²) in [5.74, 6) is -0.0431. The number of aliphatic hydroxyl groups excluding tert-OH is 1. The Labute approximate surface area is 102 Å². The van der Waals surface area contributed by atoms with Crippen molar-refractivity contribution in [3.63, 3.8) is 0 Å². The minimum absolute atomic E-state index is 0.0431. The molecule has 0 aromatic carbocycles. The second-order valence-corrected chi connectivity index (χ2v) is 5.30. The van der Waals surface area contributed by atoms with Gasteiger partial charge < -0.3 is 10.0 Å². The van der Waals surface area contributed by atoms with Gasteiger partial charge in [-0.25, -0.2) is 0 Å². The predicted octanol–water partition coefficient (Wildman–Crippen LogP) is 1.44. The van der Waals surface area contributed by atoms with Gasteiger partial charge in [0, 0.05) is 13.1 Å². The van der Waals surface area contributed by atoms with E-state index in [2.05, 4.69) is 6.07 Å². The number of nitrogens with zero attached hydrogens (tertiary/aromatic N) is 2. The first-order chi connectivity index (χ1) is 8.18. The van der Waals surface area contributed by atoms with Gasteiger partial charge >= 0.3 is 0 Å². The molecule has 1 saturated carbocycles. The lowest BCUT2D eigenvalue weighted by Gasteiger charge is -2.37. The standard InChI is InChI=1S/C13H20N2O2/c14-10-13(6-2-1-3-7-13)12(17)15-8-4-5-11(16)9-15/h11,16H,1-9H2. The number of amides is 1. The summed E-state index contributed by atoms with van der Waals surface area (Å²) in [6.45, 7) is 1.10. The smallest absolute Gasteiger partial charge is 0.243 e. The average molecular weight is 236 g/mol. The van der Waals surface area contributed by atoms with E-state index in [9.17, 15) is 15.2 Å². The summed E-state index contributed by atoms with van der Waals surface area (Å²) in [6, 6.07) is 2.26. The topological polar surface area (TPSA) is 64.3 Å². The van der Waals surface area contributed by atoms with Gasteiger partial charge in [-0.2, -0.15) is 5.26 Å². The number of carbonyl (C=O) groups is 1. The van der Waals surface area contributed by atoms with E-state index in [1.165, 1.54) is 0 Å². The van der Waals surface area contributed by atoms with Crippen LogP contribution in [0.4, 0.5) is 0 Å². The Balaban J connectivity index is 2.09. The third kappa shape index (κ3) is 2.44. The molecule has 1 aliphatic carbocycles. The highest BCUT2D eigenvalue weighted by Gasteiger charge is 2.43. The molecule has 17 heavy (non-hydrogen) atoms.